The average molecular weight is 248 g/mol. The monoisotopic (exact) mass is 248 g/mol. The minimum absolute atomic E-state index is 0.0493. The number of pyridine rings is 1. The van der Waals surface area contributed by atoms with Crippen molar-refractivity contribution in [1.29, 1.82) is 0 Å². The zero-order valence-electron chi connectivity index (χ0n) is 9.26. The van der Waals surface area contributed by atoms with Crippen LogP contribution in [0.4, 0.5) is 10.2 Å². The highest BCUT2D eigenvalue weighted by molar-refractivity contribution is 6.27. The van der Waals surface area contributed by atoms with E-state index in [1.807, 2.05) is 0 Å². The van der Waals surface area contributed by atoms with Gasteiger partial charge in [-0.25, -0.2) is 14.4 Å². The molecule has 0 radical (unpaired) electrons. The highest BCUT2D eigenvalue weighted by Gasteiger charge is 2.44. The van der Waals surface area contributed by atoms with Crippen LogP contribution in [0.2, 0.25) is 0 Å². The molecule has 1 saturated carbocycles. The normalized spacial score (nSPS) is 22.4. The van der Waals surface area contributed by atoms with Gasteiger partial charge in [-0.05, 0) is 24.8 Å². The smallest absolute Gasteiger partial charge is 0.320 e. The standard InChI is InChI=1S/C12H9FN2O3/c13-6-3-7-10(16)8(12(17)18)9(5-1-2-5)15-11(7)14-4-6/h3-5,8H,1-2H2,(H,17,18). The van der Waals surface area contributed by atoms with Gasteiger partial charge in [-0.2, -0.15) is 0 Å². The van der Waals surface area contributed by atoms with Crippen molar-refractivity contribution < 1.29 is 19.1 Å². The zero-order valence-corrected chi connectivity index (χ0v) is 9.26. The number of aliphatic carboxylic acids is 1. The lowest BCUT2D eigenvalue weighted by Gasteiger charge is -2.19. The Labute approximate surface area is 101 Å². The molecule has 92 valence electrons. The van der Waals surface area contributed by atoms with E-state index in [0.717, 1.165) is 25.1 Å². The molecule has 0 aromatic carbocycles. The van der Waals surface area contributed by atoms with Crippen LogP contribution in [-0.4, -0.2) is 27.6 Å². The third kappa shape index (κ3) is 1.61. The maximum absolute atomic E-state index is 13.1. The molecular formula is C12H9FN2O3. The Kier molecular flexibility index (Phi) is 2.26. The summed E-state index contributed by atoms with van der Waals surface area (Å²) >= 11 is 0. The Morgan fingerprint density at radius 2 is 2.17 bits per heavy atom. The van der Waals surface area contributed by atoms with Crippen LogP contribution in [0.1, 0.15) is 23.2 Å². The number of aromatic nitrogens is 1. The van der Waals surface area contributed by atoms with Gasteiger partial charge in [-0.3, -0.25) is 9.59 Å². The molecule has 1 aromatic rings. The number of halogens is 1. The summed E-state index contributed by atoms with van der Waals surface area (Å²) in [6, 6.07) is 0.994. The van der Waals surface area contributed by atoms with Gasteiger partial charge in [0.05, 0.1) is 11.8 Å². The average Bonchev–Trinajstić information content (AvgIpc) is 3.13. The second-order valence-corrected chi connectivity index (χ2v) is 4.47. The molecule has 1 aliphatic carbocycles. The van der Waals surface area contributed by atoms with Crippen LogP contribution in [-0.2, 0) is 4.79 Å². The number of nitrogens with zero attached hydrogens (tertiary/aromatic N) is 2. The minimum atomic E-state index is -1.28. The number of Topliss-reactive ketones (excluding diaryl/α,β-unsaturated/α-hetero) is 1. The Balaban J connectivity index is 2.16. The number of fused-ring (bicyclic) bond motifs is 1. The highest BCUT2D eigenvalue weighted by Crippen LogP contribution is 2.39. The van der Waals surface area contributed by atoms with Crippen molar-refractivity contribution in [3.8, 4) is 0 Å². The van der Waals surface area contributed by atoms with Crippen molar-refractivity contribution in [2.24, 2.45) is 16.8 Å². The van der Waals surface area contributed by atoms with E-state index >= 15 is 0 Å². The van der Waals surface area contributed by atoms with Crippen molar-refractivity contribution in [3.05, 3.63) is 23.6 Å². The molecule has 18 heavy (non-hydrogen) atoms. The van der Waals surface area contributed by atoms with Gasteiger partial charge in [-0.15, -0.1) is 0 Å². The Bertz CT molecular complexity index is 593. The number of carbonyl (C=O) groups excluding carboxylic acids is 1. The summed E-state index contributed by atoms with van der Waals surface area (Å²) in [7, 11) is 0. The first-order valence-electron chi connectivity index (χ1n) is 5.59. The summed E-state index contributed by atoms with van der Waals surface area (Å²) in [4.78, 5) is 31.2. The number of hydrogen-bond donors (Lipinski definition) is 1. The predicted molar refractivity (Wildman–Crippen MR) is 59.5 cm³/mol. The molecule has 1 atom stereocenters. The van der Waals surface area contributed by atoms with E-state index in [2.05, 4.69) is 9.98 Å². The molecule has 2 aliphatic rings. The van der Waals surface area contributed by atoms with Crippen LogP contribution in [0.3, 0.4) is 0 Å². The molecule has 0 bridgehead atoms. The van der Waals surface area contributed by atoms with E-state index < -0.39 is 23.5 Å². The quantitative estimate of drug-likeness (QED) is 0.806. The minimum Gasteiger partial charge on any atom is -0.480 e. The SMILES string of the molecule is O=C(O)C1C(=O)c2cc(F)cnc2N=C1C1CC1. The van der Waals surface area contributed by atoms with E-state index in [-0.39, 0.29) is 17.3 Å². The fourth-order valence-corrected chi connectivity index (χ4v) is 2.12. The number of hydrogen-bond acceptors (Lipinski definition) is 4. The van der Waals surface area contributed by atoms with Crippen LogP contribution in [0, 0.1) is 17.7 Å². The fraction of sp³-hybridized carbons (Fsp3) is 0.333. The van der Waals surface area contributed by atoms with Crippen molar-refractivity contribution >= 4 is 23.3 Å². The molecule has 0 amide bonds. The molecule has 1 N–H and O–H groups in total. The summed E-state index contributed by atoms with van der Waals surface area (Å²) in [5, 5.41) is 9.13. The lowest BCUT2D eigenvalue weighted by atomic mass is 9.88. The molecule has 1 aliphatic heterocycles. The van der Waals surface area contributed by atoms with Gasteiger partial charge in [0.2, 0.25) is 0 Å². The lowest BCUT2D eigenvalue weighted by molar-refractivity contribution is -0.138. The maximum atomic E-state index is 13.1. The molecule has 1 aromatic heterocycles. The van der Waals surface area contributed by atoms with Crippen molar-refractivity contribution in [1.82, 2.24) is 4.98 Å². The molecule has 1 unspecified atom stereocenters. The highest BCUT2D eigenvalue weighted by atomic mass is 19.1. The molecule has 0 spiro atoms. The number of carboxylic acid groups (broad SMARTS) is 1. The Morgan fingerprint density at radius 1 is 1.44 bits per heavy atom. The summed E-state index contributed by atoms with van der Waals surface area (Å²) in [5.41, 5.74) is 0.311. The number of ketones is 1. The zero-order chi connectivity index (χ0) is 12.9. The summed E-state index contributed by atoms with van der Waals surface area (Å²) < 4.78 is 13.1. The third-order valence-electron chi connectivity index (χ3n) is 3.13. The topological polar surface area (TPSA) is 79.6 Å². The van der Waals surface area contributed by atoms with Gasteiger partial charge in [0.15, 0.2) is 17.5 Å². The Hall–Kier alpha value is -2.11. The van der Waals surface area contributed by atoms with E-state index in [9.17, 15) is 14.0 Å². The van der Waals surface area contributed by atoms with Crippen LogP contribution >= 0.6 is 0 Å². The number of carboxylic acids is 1. The first-order chi connectivity index (χ1) is 8.58. The van der Waals surface area contributed by atoms with Gasteiger partial charge in [-0.1, -0.05) is 0 Å². The summed E-state index contributed by atoms with van der Waals surface area (Å²) in [5.74, 6) is -3.64. The van der Waals surface area contributed by atoms with E-state index in [1.165, 1.54) is 0 Å². The second-order valence-electron chi connectivity index (χ2n) is 4.47. The number of aliphatic imine (C=N–C) groups is 1. The van der Waals surface area contributed by atoms with Crippen LogP contribution < -0.4 is 0 Å². The van der Waals surface area contributed by atoms with Gasteiger partial charge >= 0.3 is 5.97 Å². The largest absolute Gasteiger partial charge is 0.480 e. The Morgan fingerprint density at radius 3 is 2.78 bits per heavy atom. The van der Waals surface area contributed by atoms with Crippen molar-refractivity contribution in [2.75, 3.05) is 0 Å². The molecule has 3 rings (SSSR count). The molecular weight excluding hydrogens is 239 g/mol. The molecule has 2 heterocycles. The molecule has 1 fully saturated rings. The maximum Gasteiger partial charge on any atom is 0.320 e. The molecule has 0 saturated heterocycles. The van der Waals surface area contributed by atoms with E-state index in [4.69, 9.17) is 5.11 Å². The van der Waals surface area contributed by atoms with Crippen molar-refractivity contribution in [3.63, 3.8) is 0 Å². The van der Waals surface area contributed by atoms with Gasteiger partial charge in [0.1, 0.15) is 5.82 Å². The summed E-state index contributed by atoms with van der Waals surface area (Å²) in [6.45, 7) is 0. The van der Waals surface area contributed by atoms with Crippen LogP contribution in [0.15, 0.2) is 17.3 Å². The molecule has 6 heteroatoms. The number of rotatable bonds is 2. The van der Waals surface area contributed by atoms with E-state index in [0.29, 0.717) is 5.71 Å². The fourth-order valence-electron chi connectivity index (χ4n) is 2.12. The van der Waals surface area contributed by atoms with Crippen molar-refractivity contribution in [2.45, 2.75) is 12.8 Å². The predicted octanol–water partition coefficient (Wildman–Crippen LogP) is 1.60. The second kappa shape index (κ2) is 3.69. The van der Waals surface area contributed by atoms with Crippen LogP contribution in [0.25, 0.3) is 0 Å². The van der Waals surface area contributed by atoms with Gasteiger partial charge in [0, 0.05) is 5.71 Å². The molecule has 5 nitrogen and oxygen atoms in total. The van der Waals surface area contributed by atoms with E-state index in [1.54, 1.807) is 0 Å². The van der Waals surface area contributed by atoms with Crippen LogP contribution in [0.5, 0.6) is 0 Å². The third-order valence-corrected chi connectivity index (χ3v) is 3.13. The first kappa shape index (κ1) is 11.0. The van der Waals surface area contributed by atoms with Gasteiger partial charge in [0.25, 0.3) is 0 Å². The number of carbonyl (C=O) groups is 2. The van der Waals surface area contributed by atoms with Gasteiger partial charge < -0.3 is 5.11 Å². The lowest BCUT2D eigenvalue weighted by Crippen LogP contribution is -2.35. The summed E-state index contributed by atoms with van der Waals surface area (Å²) in [6.07, 6.45) is 2.65. The first-order valence-corrected chi connectivity index (χ1v) is 5.59.